The number of fused-ring (bicyclic) bond motifs is 1. The highest BCUT2D eigenvalue weighted by Gasteiger charge is 2.12. The molecule has 1 unspecified atom stereocenters. The van der Waals surface area contributed by atoms with Gasteiger partial charge in [-0.2, -0.15) is 0 Å². The molecular weight excluding hydrogens is 222 g/mol. The average molecular weight is 241 g/mol. The van der Waals surface area contributed by atoms with E-state index < -0.39 is 0 Å². The van der Waals surface area contributed by atoms with Crippen LogP contribution in [-0.4, -0.2) is 12.8 Å². The minimum atomic E-state index is 0.236. The molecule has 0 aliphatic carbocycles. The Morgan fingerprint density at radius 3 is 2.61 bits per heavy atom. The lowest BCUT2D eigenvalue weighted by Gasteiger charge is -2.18. The molecule has 1 N–H and O–H groups in total. The van der Waals surface area contributed by atoms with Gasteiger partial charge >= 0.3 is 0 Å². The monoisotopic (exact) mass is 241 g/mol. The van der Waals surface area contributed by atoms with Crippen LogP contribution in [0.1, 0.15) is 31.4 Å². The lowest BCUT2D eigenvalue weighted by atomic mass is 9.95. The van der Waals surface area contributed by atoms with E-state index in [1.807, 2.05) is 7.05 Å². The summed E-state index contributed by atoms with van der Waals surface area (Å²) in [5, 5.41) is 5.83. The lowest BCUT2D eigenvalue weighted by molar-refractivity contribution is -0.117. The van der Waals surface area contributed by atoms with E-state index in [0.717, 1.165) is 6.42 Å². The SMILES string of the molecule is CNC(CCC(C)=O)c1cccc2ccccc12. The van der Waals surface area contributed by atoms with Crippen LogP contribution >= 0.6 is 0 Å². The number of carbonyl (C=O) groups is 1. The van der Waals surface area contributed by atoms with E-state index in [4.69, 9.17) is 0 Å². The summed E-state index contributed by atoms with van der Waals surface area (Å²) in [5.74, 6) is 0.246. The van der Waals surface area contributed by atoms with Crippen LogP contribution in [0.25, 0.3) is 10.8 Å². The summed E-state index contributed by atoms with van der Waals surface area (Å²) in [6.07, 6.45) is 1.47. The van der Waals surface area contributed by atoms with Crippen molar-refractivity contribution in [1.29, 1.82) is 0 Å². The minimum Gasteiger partial charge on any atom is -0.313 e. The molecule has 2 aromatic rings. The zero-order valence-electron chi connectivity index (χ0n) is 10.9. The van der Waals surface area contributed by atoms with E-state index >= 15 is 0 Å². The molecule has 94 valence electrons. The molecule has 0 amide bonds. The molecule has 0 saturated heterocycles. The van der Waals surface area contributed by atoms with Gasteiger partial charge in [0.2, 0.25) is 0 Å². The lowest BCUT2D eigenvalue weighted by Crippen LogP contribution is -2.17. The molecule has 0 fully saturated rings. The number of nitrogens with one attached hydrogen (secondary N) is 1. The van der Waals surface area contributed by atoms with Gasteiger partial charge in [-0.05, 0) is 36.7 Å². The largest absolute Gasteiger partial charge is 0.313 e. The van der Waals surface area contributed by atoms with Crippen molar-refractivity contribution in [2.24, 2.45) is 0 Å². The summed E-state index contributed by atoms with van der Waals surface area (Å²) in [6, 6.07) is 15.0. The third-order valence-electron chi connectivity index (χ3n) is 3.33. The van der Waals surface area contributed by atoms with Gasteiger partial charge in [0.05, 0.1) is 0 Å². The maximum Gasteiger partial charge on any atom is 0.129 e. The van der Waals surface area contributed by atoms with E-state index in [2.05, 4.69) is 47.8 Å². The van der Waals surface area contributed by atoms with Crippen molar-refractivity contribution < 1.29 is 4.79 Å². The third-order valence-corrected chi connectivity index (χ3v) is 3.33. The molecule has 0 bridgehead atoms. The second-order valence-electron chi connectivity index (χ2n) is 4.65. The predicted octanol–water partition coefficient (Wildman–Crippen LogP) is 3.47. The van der Waals surface area contributed by atoms with Crippen molar-refractivity contribution in [2.75, 3.05) is 7.05 Å². The van der Waals surface area contributed by atoms with Crippen molar-refractivity contribution in [3.63, 3.8) is 0 Å². The van der Waals surface area contributed by atoms with Gasteiger partial charge in [-0.3, -0.25) is 0 Å². The second kappa shape index (κ2) is 5.78. The van der Waals surface area contributed by atoms with E-state index in [-0.39, 0.29) is 11.8 Å². The fourth-order valence-corrected chi connectivity index (χ4v) is 2.36. The van der Waals surface area contributed by atoms with Crippen LogP contribution in [0.2, 0.25) is 0 Å². The predicted molar refractivity (Wildman–Crippen MR) is 75.7 cm³/mol. The van der Waals surface area contributed by atoms with Crippen LogP contribution in [0.3, 0.4) is 0 Å². The Bertz CT molecular complexity index is 542. The number of hydrogen-bond acceptors (Lipinski definition) is 2. The van der Waals surface area contributed by atoms with Gasteiger partial charge in [-0.1, -0.05) is 42.5 Å². The molecule has 1 atom stereocenters. The van der Waals surface area contributed by atoms with E-state index in [1.165, 1.54) is 16.3 Å². The van der Waals surface area contributed by atoms with Crippen LogP contribution in [0, 0.1) is 0 Å². The summed E-state index contributed by atoms with van der Waals surface area (Å²) in [6.45, 7) is 1.65. The van der Waals surface area contributed by atoms with Gasteiger partial charge in [-0.15, -0.1) is 0 Å². The normalized spacial score (nSPS) is 12.6. The zero-order chi connectivity index (χ0) is 13.0. The highest BCUT2D eigenvalue weighted by molar-refractivity contribution is 5.86. The maximum atomic E-state index is 11.1. The first-order chi connectivity index (χ1) is 8.72. The molecule has 2 aromatic carbocycles. The summed E-state index contributed by atoms with van der Waals surface area (Å²) >= 11 is 0. The number of hydrogen-bond donors (Lipinski definition) is 1. The van der Waals surface area contributed by atoms with Gasteiger partial charge in [0.1, 0.15) is 5.78 Å². The smallest absolute Gasteiger partial charge is 0.129 e. The molecule has 2 nitrogen and oxygen atoms in total. The highest BCUT2D eigenvalue weighted by Crippen LogP contribution is 2.26. The Kier molecular flexibility index (Phi) is 4.11. The first kappa shape index (κ1) is 12.8. The number of benzene rings is 2. The van der Waals surface area contributed by atoms with Crippen molar-refractivity contribution >= 4 is 16.6 Å². The fourth-order valence-electron chi connectivity index (χ4n) is 2.36. The van der Waals surface area contributed by atoms with Crippen molar-refractivity contribution in [3.05, 3.63) is 48.0 Å². The molecule has 0 heterocycles. The van der Waals surface area contributed by atoms with E-state index in [0.29, 0.717) is 6.42 Å². The van der Waals surface area contributed by atoms with Gasteiger partial charge in [0.25, 0.3) is 0 Å². The van der Waals surface area contributed by atoms with Gasteiger partial charge in [-0.25, -0.2) is 0 Å². The second-order valence-corrected chi connectivity index (χ2v) is 4.65. The Balaban J connectivity index is 2.35. The topological polar surface area (TPSA) is 29.1 Å². The van der Waals surface area contributed by atoms with Crippen LogP contribution in [0.5, 0.6) is 0 Å². The molecule has 0 radical (unpaired) electrons. The summed E-state index contributed by atoms with van der Waals surface area (Å²) in [5.41, 5.74) is 1.27. The molecule has 0 saturated carbocycles. The number of rotatable bonds is 5. The summed E-state index contributed by atoms with van der Waals surface area (Å²) in [7, 11) is 1.95. The van der Waals surface area contributed by atoms with Gasteiger partial charge < -0.3 is 10.1 Å². The molecule has 0 aliphatic heterocycles. The molecule has 0 spiro atoms. The zero-order valence-corrected chi connectivity index (χ0v) is 10.9. The number of carbonyl (C=O) groups excluding carboxylic acids is 1. The standard InChI is InChI=1S/C16H19NO/c1-12(18)10-11-16(17-2)15-9-5-7-13-6-3-4-8-14(13)15/h3-9,16-17H,10-11H2,1-2H3. The maximum absolute atomic E-state index is 11.1. The first-order valence-corrected chi connectivity index (χ1v) is 6.36. The van der Waals surface area contributed by atoms with Crippen molar-refractivity contribution in [3.8, 4) is 0 Å². The first-order valence-electron chi connectivity index (χ1n) is 6.36. The van der Waals surface area contributed by atoms with E-state index in [1.54, 1.807) is 6.92 Å². The van der Waals surface area contributed by atoms with Crippen LogP contribution < -0.4 is 5.32 Å². The molecule has 0 aliphatic rings. The fraction of sp³-hybridized carbons (Fsp3) is 0.312. The van der Waals surface area contributed by atoms with Crippen LogP contribution in [0.15, 0.2) is 42.5 Å². The van der Waals surface area contributed by atoms with Gasteiger partial charge in [0, 0.05) is 12.5 Å². The van der Waals surface area contributed by atoms with Crippen LogP contribution in [0.4, 0.5) is 0 Å². The molecule has 18 heavy (non-hydrogen) atoms. The summed E-state index contributed by atoms with van der Waals surface area (Å²) < 4.78 is 0. The summed E-state index contributed by atoms with van der Waals surface area (Å²) in [4.78, 5) is 11.1. The third kappa shape index (κ3) is 2.77. The quantitative estimate of drug-likeness (QED) is 0.868. The molecule has 2 heteroatoms. The molecule has 0 aromatic heterocycles. The van der Waals surface area contributed by atoms with Crippen LogP contribution in [-0.2, 0) is 4.79 Å². The average Bonchev–Trinajstić information content (AvgIpc) is 2.39. The Labute approximate surface area is 108 Å². The molecular formula is C16H19NO. The minimum absolute atomic E-state index is 0.236. The number of Topliss-reactive ketones (excluding diaryl/α,β-unsaturated/α-hetero) is 1. The van der Waals surface area contributed by atoms with Gasteiger partial charge in [0.15, 0.2) is 0 Å². The van der Waals surface area contributed by atoms with Crippen molar-refractivity contribution in [1.82, 2.24) is 5.32 Å². The Morgan fingerprint density at radius 2 is 1.89 bits per heavy atom. The molecule has 2 rings (SSSR count). The Morgan fingerprint density at radius 1 is 1.17 bits per heavy atom. The highest BCUT2D eigenvalue weighted by atomic mass is 16.1. The van der Waals surface area contributed by atoms with Crippen molar-refractivity contribution in [2.45, 2.75) is 25.8 Å². The Hall–Kier alpha value is -1.67. The number of ketones is 1. The van der Waals surface area contributed by atoms with E-state index in [9.17, 15) is 4.79 Å².